The number of carbonyl (C=O) groups is 2. The summed E-state index contributed by atoms with van der Waals surface area (Å²) in [5.41, 5.74) is 3.35. The molecule has 0 aliphatic carbocycles. The molecule has 4 rings (SSSR count). The van der Waals surface area contributed by atoms with Gasteiger partial charge in [0.15, 0.2) is 0 Å². The number of nitrogens with zero attached hydrogens (tertiary/aromatic N) is 3. The second kappa shape index (κ2) is 10.2. The maximum absolute atomic E-state index is 12.9. The van der Waals surface area contributed by atoms with Crippen molar-refractivity contribution < 1.29 is 14.3 Å². The number of amides is 2. The average Bonchev–Trinajstić information content (AvgIpc) is 3.07. The van der Waals surface area contributed by atoms with Gasteiger partial charge in [0.25, 0.3) is 11.1 Å². The van der Waals surface area contributed by atoms with Crippen molar-refractivity contribution in [3.8, 4) is 5.75 Å². The molecule has 0 N–H and O–H groups in total. The molecule has 0 aromatic heterocycles. The summed E-state index contributed by atoms with van der Waals surface area (Å²) in [6.45, 7) is 8.55. The summed E-state index contributed by atoms with van der Waals surface area (Å²) in [6, 6.07) is 16.1. The van der Waals surface area contributed by atoms with Crippen LogP contribution in [0.4, 0.5) is 10.5 Å². The first kappa shape index (κ1) is 22.4. The molecule has 2 fully saturated rings. The molecule has 6 nitrogen and oxygen atoms in total. The van der Waals surface area contributed by atoms with Crippen molar-refractivity contribution in [1.29, 1.82) is 0 Å². The first-order valence-corrected chi connectivity index (χ1v) is 11.9. The molecule has 2 amide bonds. The normalized spacial score (nSPS) is 18.6. The smallest absolute Gasteiger partial charge is 0.294 e. The number of thioether (sulfide) groups is 1. The number of piperazine rings is 1. The standard InChI is InChI=1S/C25H29N3O3S/c1-3-16-31-22-10-6-20(7-11-22)17-23-24(29)28(25(30)32-23)18-26-12-14-27(15-13-26)21-8-4-19(2)5-9-21/h4-11,17H,3,12-16,18H2,1-2H3/b23-17-. The van der Waals surface area contributed by atoms with Crippen molar-refractivity contribution >= 4 is 34.7 Å². The van der Waals surface area contributed by atoms with Gasteiger partial charge >= 0.3 is 0 Å². The minimum atomic E-state index is -0.215. The van der Waals surface area contributed by atoms with E-state index in [1.54, 1.807) is 6.08 Å². The highest BCUT2D eigenvalue weighted by Crippen LogP contribution is 2.32. The van der Waals surface area contributed by atoms with Crippen molar-refractivity contribution in [2.75, 3.05) is 44.4 Å². The molecule has 0 unspecified atom stereocenters. The van der Waals surface area contributed by atoms with E-state index in [1.807, 2.05) is 24.3 Å². The molecule has 2 heterocycles. The summed E-state index contributed by atoms with van der Waals surface area (Å²) in [5.74, 6) is 0.592. The third kappa shape index (κ3) is 5.34. The van der Waals surface area contributed by atoms with E-state index in [-0.39, 0.29) is 11.1 Å². The molecule has 7 heteroatoms. The van der Waals surface area contributed by atoms with Crippen LogP contribution in [0.5, 0.6) is 5.75 Å². The van der Waals surface area contributed by atoms with E-state index in [2.05, 4.69) is 47.9 Å². The highest BCUT2D eigenvalue weighted by molar-refractivity contribution is 8.18. The molecule has 0 radical (unpaired) electrons. The summed E-state index contributed by atoms with van der Waals surface area (Å²) in [5, 5.41) is -0.204. The SMILES string of the molecule is CCCOc1ccc(/C=C2\SC(=O)N(CN3CCN(c4ccc(C)cc4)CC3)C2=O)cc1. The van der Waals surface area contributed by atoms with Gasteiger partial charge in [0, 0.05) is 31.9 Å². The lowest BCUT2D eigenvalue weighted by Crippen LogP contribution is -2.50. The van der Waals surface area contributed by atoms with Crippen LogP contribution in [0.3, 0.4) is 0 Å². The minimum absolute atomic E-state index is 0.204. The maximum atomic E-state index is 12.9. The summed E-state index contributed by atoms with van der Waals surface area (Å²) in [7, 11) is 0. The molecule has 2 aliphatic heterocycles. The topological polar surface area (TPSA) is 53.1 Å². The quantitative estimate of drug-likeness (QED) is 0.574. The number of aryl methyl sites for hydroxylation is 1. The second-order valence-electron chi connectivity index (χ2n) is 8.11. The van der Waals surface area contributed by atoms with Crippen LogP contribution in [0.2, 0.25) is 0 Å². The Bertz CT molecular complexity index is 980. The lowest BCUT2D eigenvalue weighted by molar-refractivity contribution is -0.124. The van der Waals surface area contributed by atoms with Crippen molar-refractivity contribution in [2.24, 2.45) is 0 Å². The number of carbonyl (C=O) groups excluding carboxylic acids is 2. The number of anilines is 1. The molecule has 2 aliphatic rings. The largest absolute Gasteiger partial charge is 0.494 e. The predicted octanol–water partition coefficient (Wildman–Crippen LogP) is 4.60. The fourth-order valence-corrected chi connectivity index (χ4v) is 4.59. The van der Waals surface area contributed by atoms with Crippen molar-refractivity contribution in [1.82, 2.24) is 9.80 Å². The Morgan fingerprint density at radius 2 is 1.66 bits per heavy atom. The number of rotatable bonds is 7. The van der Waals surface area contributed by atoms with E-state index in [4.69, 9.17) is 4.74 Å². The molecule has 0 saturated carbocycles. The van der Waals surface area contributed by atoms with E-state index >= 15 is 0 Å². The first-order chi connectivity index (χ1) is 15.5. The van der Waals surface area contributed by atoms with Gasteiger partial charge in [-0.25, -0.2) is 0 Å². The Balaban J connectivity index is 1.33. The lowest BCUT2D eigenvalue weighted by atomic mass is 10.2. The molecular weight excluding hydrogens is 422 g/mol. The summed E-state index contributed by atoms with van der Waals surface area (Å²) in [6.07, 6.45) is 2.74. The van der Waals surface area contributed by atoms with Crippen LogP contribution >= 0.6 is 11.8 Å². The molecular formula is C25H29N3O3S. The van der Waals surface area contributed by atoms with Crippen LogP contribution in [-0.2, 0) is 4.79 Å². The van der Waals surface area contributed by atoms with Gasteiger partial charge in [-0.2, -0.15) is 0 Å². The van der Waals surface area contributed by atoms with Gasteiger partial charge in [0.1, 0.15) is 5.75 Å². The van der Waals surface area contributed by atoms with Crippen LogP contribution in [0.25, 0.3) is 6.08 Å². The molecule has 2 aromatic rings. The van der Waals surface area contributed by atoms with Gasteiger partial charge in [-0.15, -0.1) is 0 Å². The molecule has 168 valence electrons. The number of hydrogen-bond donors (Lipinski definition) is 0. The van der Waals surface area contributed by atoms with Gasteiger partial charge in [-0.3, -0.25) is 19.4 Å². The Kier molecular flexibility index (Phi) is 7.17. The Labute approximate surface area is 193 Å². The molecule has 0 atom stereocenters. The predicted molar refractivity (Wildman–Crippen MR) is 130 cm³/mol. The van der Waals surface area contributed by atoms with Crippen LogP contribution in [0, 0.1) is 6.92 Å². The molecule has 0 bridgehead atoms. The van der Waals surface area contributed by atoms with Gasteiger partial charge in [0.05, 0.1) is 18.2 Å². The fraction of sp³-hybridized carbons (Fsp3) is 0.360. The molecule has 2 aromatic carbocycles. The van der Waals surface area contributed by atoms with E-state index < -0.39 is 0 Å². The van der Waals surface area contributed by atoms with Crippen LogP contribution < -0.4 is 9.64 Å². The van der Waals surface area contributed by atoms with Gasteiger partial charge in [0.2, 0.25) is 0 Å². The molecule has 32 heavy (non-hydrogen) atoms. The Morgan fingerprint density at radius 3 is 2.31 bits per heavy atom. The van der Waals surface area contributed by atoms with E-state index in [0.717, 1.165) is 55.7 Å². The number of hydrogen-bond acceptors (Lipinski definition) is 6. The highest BCUT2D eigenvalue weighted by Gasteiger charge is 2.36. The number of benzene rings is 2. The third-order valence-electron chi connectivity index (χ3n) is 5.64. The van der Waals surface area contributed by atoms with Gasteiger partial charge in [-0.05, 0) is 61.0 Å². The molecule has 0 spiro atoms. The van der Waals surface area contributed by atoms with E-state index in [1.165, 1.54) is 16.2 Å². The zero-order chi connectivity index (χ0) is 22.5. The van der Waals surface area contributed by atoms with Gasteiger partial charge < -0.3 is 9.64 Å². The third-order valence-corrected chi connectivity index (χ3v) is 6.54. The van der Waals surface area contributed by atoms with E-state index in [9.17, 15) is 9.59 Å². The second-order valence-corrected chi connectivity index (χ2v) is 9.10. The highest BCUT2D eigenvalue weighted by atomic mass is 32.2. The van der Waals surface area contributed by atoms with Gasteiger partial charge in [-0.1, -0.05) is 36.8 Å². The Hall–Kier alpha value is -2.77. The Morgan fingerprint density at radius 1 is 0.969 bits per heavy atom. The monoisotopic (exact) mass is 451 g/mol. The number of imide groups is 1. The number of ether oxygens (including phenoxy) is 1. The zero-order valence-corrected chi connectivity index (χ0v) is 19.4. The van der Waals surface area contributed by atoms with Crippen molar-refractivity contribution in [3.05, 3.63) is 64.6 Å². The van der Waals surface area contributed by atoms with Crippen LogP contribution in [-0.4, -0.2) is 60.4 Å². The average molecular weight is 452 g/mol. The first-order valence-electron chi connectivity index (χ1n) is 11.1. The summed E-state index contributed by atoms with van der Waals surface area (Å²) < 4.78 is 5.60. The van der Waals surface area contributed by atoms with Crippen LogP contribution in [0.1, 0.15) is 24.5 Å². The summed E-state index contributed by atoms with van der Waals surface area (Å²) in [4.78, 5) is 31.7. The maximum Gasteiger partial charge on any atom is 0.294 e. The summed E-state index contributed by atoms with van der Waals surface area (Å²) >= 11 is 1.01. The molecule has 2 saturated heterocycles. The van der Waals surface area contributed by atoms with Crippen molar-refractivity contribution in [3.63, 3.8) is 0 Å². The fourth-order valence-electron chi connectivity index (χ4n) is 3.76. The lowest BCUT2D eigenvalue weighted by Gasteiger charge is -2.37. The van der Waals surface area contributed by atoms with E-state index in [0.29, 0.717) is 18.2 Å². The van der Waals surface area contributed by atoms with Crippen molar-refractivity contribution in [2.45, 2.75) is 20.3 Å². The minimum Gasteiger partial charge on any atom is -0.494 e. The van der Waals surface area contributed by atoms with Crippen LogP contribution in [0.15, 0.2) is 53.4 Å². The zero-order valence-electron chi connectivity index (χ0n) is 18.6.